The van der Waals surface area contributed by atoms with Gasteiger partial charge >= 0.3 is 0 Å². The van der Waals surface area contributed by atoms with E-state index in [2.05, 4.69) is 9.97 Å². The molecule has 0 saturated heterocycles. The summed E-state index contributed by atoms with van der Waals surface area (Å²) in [6.45, 7) is 0. The van der Waals surface area contributed by atoms with Crippen LogP contribution in [0.3, 0.4) is 0 Å². The van der Waals surface area contributed by atoms with Gasteiger partial charge in [0.05, 0.1) is 0 Å². The van der Waals surface area contributed by atoms with E-state index in [-0.39, 0.29) is 5.75 Å². The Bertz CT molecular complexity index is 495. The molecule has 1 aromatic heterocycles. The number of aromatic nitrogens is 2. The van der Waals surface area contributed by atoms with Crippen molar-refractivity contribution < 1.29 is 5.11 Å². The lowest BCUT2D eigenvalue weighted by atomic mass is 10.2. The summed E-state index contributed by atoms with van der Waals surface area (Å²) >= 11 is 1.44. The van der Waals surface area contributed by atoms with Gasteiger partial charge in [0.15, 0.2) is 5.16 Å². The molecule has 0 amide bonds. The van der Waals surface area contributed by atoms with E-state index in [0.29, 0.717) is 22.5 Å². The number of thioether (sulfide) groups is 1. The Morgan fingerprint density at radius 2 is 1.65 bits per heavy atom. The Kier molecular flexibility index (Phi) is 3.34. The highest BCUT2D eigenvalue weighted by atomic mass is 32.2. The van der Waals surface area contributed by atoms with Gasteiger partial charge in [0.1, 0.15) is 17.4 Å². The fourth-order valence-corrected chi connectivity index (χ4v) is 2.09. The SMILES string of the molecule is Nc1cc(N)nc(SCc2ccc(O)cc2)n1. The molecule has 5 nitrogen and oxygen atoms in total. The summed E-state index contributed by atoms with van der Waals surface area (Å²) in [5.74, 6) is 1.68. The van der Waals surface area contributed by atoms with Gasteiger partial charge < -0.3 is 16.6 Å². The Hall–Kier alpha value is -1.95. The van der Waals surface area contributed by atoms with Crippen molar-refractivity contribution in [2.24, 2.45) is 0 Å². The summed E-state index contributed by atoms with van der Waals surface area (Å²) in [5.41, 5.74) is 12.2. The second-order valence-corrected chi connectivity index (χ2v) is 4.40. The molecule has 0 aliphatic heterocycles. The van der Waals surface area contributed by atoms with Crippen molar-refractivity contribution in [2.45, 2.75) is 10.9 Å². The van der Waals surface area contributed by atoms with E-state index in [4.69, 9.17) is 16.6 Å². The monoisotopic (exact) mass is 248 g/mol. The number of anilines is 2. The molecular formula is C11H12N4OS. The van der Waals surface area contributed by atoms with Crippen molar-refractivity contribution in [3.63, 3.8) is 0 Å². The van der Waals surface area contributed by atoms with E-state index in [1.165, 1.54) is 17.8 Å². The van der Waals surface area contributed by atoms with Crippen LogP contribution in [0.25, 0.3) is 0 Å². The molecular weight excluding hydrogens is 236 g/mol. The van der Waals surface area contributed by atoms with Crippen LogP contribution in [-0.2, 0) is 5.75 Å². The second-order valence-electron chi connectivity index (χ2n) is 3.46. The minimum absolute atomic E-state index is 0.253. The highest BCUT2D eigenvalue weighted by molar-refractivity contribution is 7.98. The van der Waals surface area contributed by atoms with Crippen molar-refractivity contribution in [3.8, 4) is 5.75 Å². The van der Waals surface area contributed by atoms with Crippen molar-refractivity contribution in [1.82, 2.24) is 9.97 Å². The molecule has 6 heteroatoms. The lowest BCUT2D eigenvalue weighted by molar-refractivity contribution is 0.475. The van der Waals surface area contributed by atoms with Crippen LogP contribution >= 0.6 is 11.8 Å². The van der Waals surface area contributed by atoms with Gasteiger partial charge in [-0.25, -0.2) is 9.97 Å². The highest BCUT2D eigenvalue weighted by Crippen LogP contribution is 2.22. The quantitative estimate of drug-likeness (QED) is 0.564. The first-order valence-electron chi connectivity index (χ1n) is 4.94. The lowest BCUT2D eigenvalue weighted by Crippen LogP contribution is -1.99. The van der Waals surface area contributed by atoms with Crippen molar-refractivity contribution in [2.75, 3.05) is 11.5 Å². The van der Waals surface area contributed by atoms with Crippen LogP contribution in [0.2, 0.25) is 0 Å². The molecule has 88 valence electrons. The Labute approximate surface area is 103 Å². The maximum Gasteiger partial charge on any atom is 0.191 e. The number of phenols is 1. The van der Waals surface area contributed by atoms with Crippen LogP contribution in [-0.4, -0.2) is 15.1 Å². The number of hydrogen-bond donors (Lipinski definition) is 3. The third-order valence-electron chi connectivity index (χ3n) is 2.05. The minimum Gasteiger partial charge on any atom is -0.508 e. The molecule has 1 aromatic carbocycles. The molecule has 0 aliphatic carbocycles. The number of phenolic OH excluding ortho intramolecular Hbond substituents is 1. The molecule has 1 heterocycles. The summed E-state index contributed by atoms with van der Waals surface area (Å²) in [6, 6.07) is 8.50. The summed E-state index contributed by atoms with van der Waals surface area (Å²) in [4.78, 5) is 8.13. The average molecular weight is 248 g/mol. The first-order chi connectivity index (χ1) is 8.13. The maximum absolute atomic E-state index is 9.15. The lowest BCUT2D eigenvalue weighted by Gasteiger charge is -2.03. The summed E-state index contributed by atoms with van der Waals surface area (Å²) in [5, 5.41) is 9.70. The topological polar surface area (TPSA) is 98.1 Å². The van der Waals surface area contributed by atoms with E-state index in [1.807, 2.05) is 12.1 Å². The smallest absolute Gasteiger partial charge is 0.191 e. The van der Waals surface area contributed by atoms with Gasteiger partial charge in [0.2, 0.25) is 0 Å². The molecule has 0 radical (unpaired) electrons. The number of nitrogens with two attached hydrogens (primary N) is 2. The summed E-state index contributed by atoms with van der Waals surface area (Å²) in [6.07, 6.45) is 0. The summed E-state index contributed by atoms with van der Waals surface area (Å²) in [7, 11) is 0. The zero-order chi connectivity index (χ0) is 12.3. The van der Waals surface area contributed by atoms with Crippen LogP contribution < -0.4 is 11.5 Å². The normalized spacial score (nSPS) is 10.4. The number of nitrogens with zero attached hydrogens (tertiary/aromatic N) is 2. The third-order valence-corrected chi connectivity index (χ3v) is 2.97. The molecule has 0 bridgehead atoms. The van der Waals surface area contributed by atoms with E-state index >= 15 is 0 Å². The summed E-state index contributed by atoms with van der Waals surface area (Å²) < 4.78 is 0. The maximum atomic E-state index is 9.15. The minimum atomic E-state index is 0.253. The van der Waals surface area contributed by atoms with E-state index < -0.39 is 0 Å². The fraction of sp³-hybridized carbons (Fsp3) is 0.0909. The number of benzene rings is 1. The predicted octanol–water partition coefficient (Wildman–Crippen LogP) is 1.64. The van der Waals surface area contributed by atoms with Crippen LogP contribution in [0.15, 0.2) is 35.5 Å². The highest BCUT2D eigenvalue weighted by Gasteiger charge is 2.02. The van der Waals surface area contributed by atoms with E-state index in [1.54, 1.807) is 12.1 Å². The molecule has 0 atom stereocenters. The largest absolute Gasteiger partial charge is 0.508 e. The second kappa shape index (κ2) is 4.92. The van der Waals surface area contributed by atoms with Crippen LogP contribution in [0, 0.1) is 0 Å². The molecule has 17 heavy (non-hydrogen) atoms. The van der Waals surface area contributed by atoms with Crippen LogP contribution in [0.1, 0.15) is 5.56 Å². The molecule has 0 saturated carbocycles. The molecule has 0 aliphatic rings. The Morgan fingerprint density at radius 1 is 1.06 bits per heavy atom. The van der Waals surface area contributed by atoms with E-state index in [0.717, 1.165) is 5.56 Å². The molecule has 5 N–H and O–H groups in total. The number of hydrogen-bond acceptors (Lipinski definition) is 6. The number of nitrogen functional groups attached to an aromatic ring is 2. The first-order valence-corrected chi connectivity index (χ1v) is 5.93. The van der Waals surface area contributed by atoms with Crippen LogP contribution in [0.5, 0.6) is 5.75 Å². The zero-order valence-corrected chi connectivity index (χ0v) is 9.81. The van der Waals surface area contributed by atoms with Gasteiger partial charge in [-0.1, -0.05) is 23.9 Å². The number of aromatic hydroxyl groups is 1. The molecule has 2 rings (SSSR count). The van der Waals surface area contributed by atoms with Gasteiger partial charge in [-0.15, -0.1) is 0 Å². The van der Waals surface area contributed by atoms with E-state index in [9.17, 15) is 0 Å². The van der Waals surface area contributed by atoms with Crippen molar-refractivity contribution in [1.29, 1.82) is 0 Å². The molecule has 0 unspecified atom stereocenters. The van der Waals surface area contributed by atoms with Gasteiger partial charge in [-0.05, 0) is 17.7 Å². The predicted molar refractivity (Wildman–Crippen MR) is 68.5 cm³/mol. The Balaban J connectivity index is 2.04. The standard InChI is InChI=1S/C11H12N4OS/c12-9-5-10(13)15-11(14-9)17-6-7-1-3-8(16)4-2-7/h1-5,16H,6H2,(H4,12,13,14,15). The number of rotatable bonds is 3. The van der Waals surface area contributed by atoms with Gasteiger partial charge in [0.25, 0.3) is 0 Å². The van der Waals surface area contributed by atoms with Gasteiger partial charge in [0, 0.05) is 11.8 Å². The average Bonchev–Trinajstić information content (AvgIpc) is 2.27. The van der Waals surface area contributed by atoms with Crippen molar-refractivity contribution in [3.05, 3.63) is 35.9 Å². The van der Waals surface area contributed by atoms with Gasteiger partial charge in [-0.2, -0.15) is 0 Å². The molecule has 0 fully saturated rings. The van der Waals surface area contributed by atoms with Crippen molar-refractivity contribution >= 4 is 23.4 Å². The molecule has 2 aromatic rings. The third kappa shape index (κ3) is 3.25. The first kappa shape index (κ1) is 11.5. The fourth-order valence-electron chi connectivity index (χ4n) is 1.27. The zero-order valence-electron chi connectivity index (χ0n) is 9.00. The van der Waals surface area contributed by atoms with Crippen LogP contribution in [0.4, 0.5) is 11.6 Å². The Morgan fingerprint density at radius 3 is 2.24 bits per heavy atom. The van der Waals surface area contributed by atoms with Gasteiger partial charge in [-0.3, -0.25) is 0 Å². The molecule has 0 spiro atoms.